The Kier molecular flexibility index (Phi) is 8.70. The van der Waals surface area contributed by atoms with Gasteiger partial charge >= 0.3 is 12.2 Å². The number of carbonyl (C=O) groups excluding carboxylic acids is 2. The maximum Gasteiger partial charge on any atom is 0.407 e. The fourth-order valence-electron chi connectivity index (χ4n) is 7.91. The maximum atomic E-state index is 12.8. The lowest BCUT2D eigenvalue weighted by Crippen LogP contribution is -2.43. The van der Waals surface area contributed by atoms with E-state index in [4.69, 9.17) is 9.47 Å². The molecule has 3 saturated carbocycles. The Balaban J connectivity index is 1.06. The lowest BCUT2D eigenvalue weighted by molar-refractivity contribution is 0.0296. The number of amides is 2. The van der Waals surface area contributed by atoms with Crippen molar-refractivity contribution in [3.63, 3.8) is 0 Å². The molecule has 0 radical (unpaired) electrons. The molecule has 0 heterocycles. The van der Waals surface area contributed by atoms with Gasteiger partial charge in [-0.1, -0.05) is 68.5 Å². The minimum absolute atomic E-state index is 0.353. The molecule has 2 amide bonds. The quantitative estimate of drug-likeness (QED) is 0.293. The van der Waals surface area contributed by atoms with Gasteiger partial charge in [0, 0.05) is 0 Å². The van der Waals surface area contributed by atoms with Gasteiger partial charge in [-0.15, -0.1) is 0 Å². The third-order valence-electron chi connectivity index (χ3n) is 10.5. The van der Waals surface area contributed by atoms with Gasteiger partial charge in [0.25, 0.3) is 0 Å². The molecule has 4 unspecified atom stereocenters. The second-order valence-corrected chi connectivity index (χ2v) is 14.7. The topological polar surface area (TPSA) is 76.7 Å². The first-order valence-electron chi connectivity index (χ1n) is 16.0. The van der Waals surface area contributed by atoms with Gasteiger partial charge in [-0.25, -0.2) is 9.59 Å². The smallest absolute Gasteiger partial charge is 0.407 e. The summed E-state index contributed by atoms with van der Waals surface area (Å²) < 4.78 is 11.5. The van der Waals surface area contributed by atoms with Crippen LogP contribution >= 0.6 is 0 Å². The maximum absolute atomic E-state index is 12.8. The average Bonchev–Trinajstić information content (AvgIpc) is 3.57. The van der Waals surface area contributed by atoms with Crippen molar-refractivity contribution in [2.75, 3.05) is 13.2 Å². The Morgan fingerprint density at radius 3 is 1.91 bits per heavy atom. The molecule has 3 aliphatic rings. The average molecular weight is 587 g/mol. The van der Waals surface area contributed by atoms with Crippen LogP contribution in [0.1, 0.15) is 95.9 Å². The fraction of sp³-hybridized carbons (Fsp3) is 0.568. The molecule has 6 heteroatoms. The zero-order valence-corrected chi connectivity index (χ0v) is 27.0. The van der Waals surface area contributed by atoms with Crippen LogP contribution in [-0.2, 0) is 20.6 Å². The van der Waals surface area contributed by atoms with E-state index in [9.17, 15) is 9.59 Å². The van der Waals surface area contributed by atoms with Crippen LogP contribution in [0.4, 0.5) is 9.59 Å². The largest absolute Gasteiger partial charge is 0.449 e. The molecule has 3 fully saturated rings. The molecule has 0 aliphatic heterocycles. The highest BCUT2D eigenvalue weighted by Gasteiger charge is 2.62. The number of fused-ring (bicyclic) bond motifs is 5. The molecule has 4 atom stereocenters. The van der Waals surface area contributed by atoms with E-state index in [2.05, 4.69) is 61.4 Å². The normalized spacial score (nSPS) is 26.0. The second kappa shape index (κ2) is 12.0. The molecule has 0 aromatic heterocycles. The van der Waals surface area contributed by atoms with Gasteiger partial charge in [0.1, 0.15) is 0 Å². The number of rotatable bonds is 10. The van der Waals surface area contributed by atoms with Gasteiger partial charge in [-0.3, -0.25) is 0 Å². The van der Waals surface area contributed by atoms with Gasteiger partial charge in [-0.05, 0) is 124 Å². The molecule has 2 aromatic rings. The van der Waals surface area contributed by atoms with Crippen LogP contribution in [-0.4, -0.2) is 25.4 Å². The monoisotopic (exact) mass is 586 g/mol. The first kappa shape index (κ1) is 31.2. The van der Waals surface area contributed by atoms with Crippen LogP contribution in [0.5, 0.6) is 0 Å². The molecule has 2 N–H and O–H groups in total. The van der Waals surface area contributed by atoms with Crippen LogP contribution in [0.2, 0.25) is 0 Å². The SMILES string of the molecule is C=C(C)c1cccc(C(C)(C)NC(=O)OCC2C3CC2C2CC(COC(=O)NC(C)(C)c4cccc(C(C)C)c4)CC23)c1. The number of hydrogen-bond donors (Lipinski definition) is 2. The first-order chi connectivity index (χ1) is 20.2. The highest BCUT2D eigenvalue weighted by molar-refractivity contribution is 5.69. The summed E-state index contributed by atoms with van der Waals surface area (Å²) in [6.07, 6.45) is 2.70. The van der Waals surface area contributed by atoms with Gasteiger partial charge in [0.15, 0.2) is 0 Å². The van der Waals surface area contributed by atoms with Crippen molar-refractivity contribution in [2.24, 2.45) is 35.5 Å². The summed E-state index contributed by atoms with van der Waals surface area (Å²) in [5.74, 6) is 3.79. The van der Waals surface area contributed by atoms with E-state index in [-0.39, 0.29) is 12.2 Å². The van der Waals surface area contributed by atoms with E-state index < -0.39 is 11.1 Å². The number of alkyl carbamates (subject to hydrolysis) is 2. The molecule has 43 heavy (non-hydrogen) atoms. The molecule has 0 spiro atoms. The molecule has 3 aliphatic carbocycles. The highest BCUT2D eigenvalue weighted by Crippen LogP contribution is 2.66. The number of allylic oxidation sites excluding steroid dienone is 1. The summed E-state index contributed by atoms with van der Waals surface area (Å²) >= 11 is 0. The number of hydrogen-bond acceptors (Lipinski definition) is 4. The Morgan fingerprint density at radius 1 is 0.814 bits per heavy atom. The zero-order valence-electron chi connectivity index (χ0n) is 27.0. The standard InChI is InChI=1S/C37H50N2O4/c1-22(2)25-11-9-13-27(17-25)36(5,6)38-34(40)42-20-24-15-29-30(16-24)32-19-31(29)33(32)21-43-35(41)39-37(7,8)28-14-10-12-26(18-28)23(3)4/h9-14,17-18,22,24,29-33H,3,15-16,19-21H2,1-2,4-8H3,(H,38,40)(H,39,41). The van der Waals surface area contributed by atoms with Crippen molar-refractivity contribution >= 4 is 17.8 Å². The molecule has 6 nitrogen and oxygen atoms in total. The van der Waals surface area contributed by atoms with Crippen molar-refractivity contribution in [1.82, 2.24) is 10.6 Å². The summed E-state index contributed by atoms with van der Waals surface area (Å²) in [7, 11) is 0. The van der Waals surface area contributed by atoms with Crippen molar-refractivity contribution in [3.05, 3.63) is 77.4 Å². The van der Waals surface area contributed by atoms with Crippen LogP contribution in [0, 0.1) is 35.5 Å². The summed E-state index contributed by atoms with van der Waals surface area (Å²) in [5.41, 5.74) is 4.36. The van der Waals surface area contributed by atoms with Crippen LogP contribution in [0.15, 0.2) is 55.1 Å². The third kappa shape index (κ3) is 6.63. The van der Waals surface area contributed by atoms with Crippen LogP contribution in [0.25, 0.3) is 5.57 Å². The minimum Gasteiger partial charge on any atom is -0.449 e. The molecular formula is C37H50N2O4. The Hall–Kier alpha value is -3.28. The van der Waals surface area contributed by atoms with E-state index in [1.165, 1.54) is 12.0 Å². The Bertz CT molecular complexity index is 1340. The molecule has 0 saturated heterocycles. The zero-order chi connectivity index (χ0) is 31.1. The Labute approximate surface area is 258 Å². The molecule has 2 bridgehead atoms. The Morgan fingerprint density at radius 2 is 1.35 bits per heavy atom. The van der Waals surface area contributed by atoms with Crippen molar-refractivity contribution in [1.29, 1.82) is 0 Å². The number of carbonyl (C=O) groups is 2. The molecule has 232 valence electrons. The fourth-order valence-corrected chi connectivity index (χ4v) is 7.91. The van der Waals surface area contributed by atoms with Gasteiger partial charge < -0.3 is 20.1 Å². The second-order valence-electron chi connectivity index (χ2n) is 14.7. The summed E-state index contributed by atoms with van der Waals surface area (Å²) in [5, 5.41) is 6.15. The van der Waals surface area contributed by atoms with Gasteiger partial charge in [-0.2, -0.15) is 0 Å². The first-order valence-corrected chi connectivity index (χ1v) is 16.0. The lowest BCUT2D eigenvalue weighted by atomic mass is 9.68. The van der Waals surface area contributed by atoms with Gasteiger partial charge in [0.05, 0.1) is 24.3 Å². The van der Waals surface area contributed by atoms with E-state index in [1.807, 2.05) is 52.8 Å². The predicted molar refractivity (Wildman–Crippen MR) is 171 cm³/mol. The van der Waals surface area contributed by atoms with Crippen molar-refractivity contribution in [3.8, 4) is 0 Å². The summed E-state index contributed by atoms with van der Waals surface area (Å²) in [6.45, 7) is 19.3. The highest BCUT2D eigenvalue weighted by atomic mass is 16.6. The molecular weight excluding hydrogens is 536 g/mol. The number of ether oxygens (including phenoxy) is 2. The van der Waals surface area contributed by atoms with E-state index in [0.717, 1.165) is 35.1 Å². The summed E-state index contributed by atoms with van der Waals surface area (Å²) in [6, 6.07) is 16.5. The predicted octanol–water partition coefficient (Wildman–Crippen LogP) is 8.37. The van der Waals surface area contributed by atoms with E-state index in [0.29, 0.717) is 54.6 Å². The minimum atomic E-state index is -0.551. The molecule has 2 aromatic carbocycles. The third-order valence-corrected chi connectivity index (χ3v) is 10.5. The summed E-state index contributed by atoms with van der Waals surface area (Å²) in [4.78, 5) is 25.6. The van der Waals surface area contributed by atoms with E-state index >= 15 is 0 Å². The van der Waals surface area contributed by atoms with Crippen molar-refractivity contribution in [2.45, 2.75) is 84.7 Å². The molecule has 5 rings (SSSR count). The van der Waals surface area contributed by atoms with Crippen LogP contribution in [0.3, 0.4) is 0 Å². The van der Waals surface area contributed by atoms with Crippen molar-refractivity contribution < 1.29 is 19.1 Å². The van der Waals surface area contributed by atoms with Gasteiger partial charge in [0.2, 0.25) is 0 Å². The number of benzene rings is 2. The number of nitrogens with one attached hydrogen (secondary N) is 2. The van der Waals surface area contributed by atoms with Crippen LogP contribution < -0.4 is 10.6 Å². The van der Waals surface area contributed by atoms with E-state index in [1.54, 1.807) is 0 Å². The lowest BCUT2D eigenvalue weighted by Gasteiger charge is -2.39.